The van der Waals surface area contributed by atoms with E-state index < -0.39 is 0 Å². The van der Waals surface area contributed by atoms with Crippen LogP contribution in [0.5, 0.6) is 17.2 Å². The Hall–Kier alpha value is -4.85. The first-order valence-electron chi connectivity index (χ1n) is 13.6. The second-order valence-corrected chi connectivity index (χ2v) is 9.49. The van der Waals surface area contributed by atoms with Crippen LogP contribution in [0.3, 0.4) is 0 Å². The Balaban J connectivity index is 1.39. The van der Waals surface area contributed by atoms with Crippen molar-refractivity contribution < 1.29 is 23.9 Å². The second kappa shape index (κ2) is 14.5. The lowest BCUT2D eigenvalue weighted by Gasteiger charge is -2.27. The van der Waals surface area contributed by atoms with Gasteiger partial charge < -0.3 is 19.1 Å². The Labute approximate surface area is 240 Å². The van der Waals surface area contributed by atoms with Gasteiger partial charge >= 0.3 is 5.97 Å². The van der Waals surface area contributed by atoms with Gasteiger partial charge in [0, 0.05) is 31.3 Å². The summed E-state index contributed by atoms with van der Waals surface area (Å²) in [6, 6.07) is 30.4. The van der Waals surface area contributed by atoms with Gasteiger partial charge in [-0.15, -0.1) is 0 Å². The predicted molar refractivity (Wildman–Crippen MR) is 158 cm³/mol. The molecule has 0 aliphatic heterocycles. The smallest absolute Gasteiger partial charge is 0.305 e. The predicted octanol–water partition coefficient (Wildman–Crippen LogP) is 7.62. The molecule has 4 aromatic carbocycles. The molecule has 0 radical (unpaired) electrons. The van der Waals surface area contributed by atoms with Crippen LogP contribution in [0.1, 0.15) is 36.5 Å². The van der Waals surface area contributed by atoms with Gasteiger partial charge in [0.05, 0.1) is 23.7 Å². The number of hydrogen-bond acceptors (Lipinski definition) is 7. The highest BCUT2D eigenvalue weighted by Crippen LogP contribution is 2.31. The van der Waals surface area contributed by atoms with E-state index >= 15 is 0 Å². The van der Waals surface area contributed by atoms with Crippen molar-refractivity contribution in [3.8, 4) is 17.2 Å². The summed E-state index contributed by atoms with van der Waals surface area (Å²) in [5, 5.41) is 11.6. The maximum atomic E-state index is 11.6. The van der Waals surface area contributed by atoms with Gasteiger partial charge in [-0.1, -0.05) is 48.5 Å². The van der Waals surface area contributed by atoms with Crippen molar-refractivity contribution in [2.75, 3.05) is 18.1 Å². The van der Waals surface area contributed by atoms with Gasteiger partial charge in [0.2, 0.25) is 0 Å². The number of carbonyl (C=O) groups is 1. The summed E-state index contributed by atoms with van der Waals surface area (Å²) in [6.07, 6.45) is 0.923. The van der Waals surface area contributed by atoms with E-state index in [0.717, 1.165) is 16.8 Å². The molecule has 4 aromatic rings. The van der Waals surface area contributed by atoms with E-state index in [1.54, 1.807) is 19.9 Å². The van der Waals surface area contributed by atoms with Crippen LogP contribution in [-0.4, -0.2) is 24.1 Å². The topological polar surface area (TPSA) is 91.1 Å². The van der Waals surface area contributed by atoms with Crippen LogP contribution in [0.2, 0.25) is 0 Å². The molecule has 41 heavy (non-hydrogen) atoms. The van der Waals surface area contributed by atoms with Crippen molar-refractivity contribution in [2.24, 2.45) is 0 Å². The molecule has 0 aliphatic rings. The van der Waals surface area contributed by atoms with Crippen LogP contribution in [0.25, 0.3) is 0 Å². The van der Waals surface area contributed by atoms with Gasteiger partial charge in [0.1, 0.15) is 17.2 Å². The van der Waals surface area contributed by atoms with Crippen molar-refractivity contribution in [1.82, 2.24) is 0 Å². The van der Waals surface area contributed by atoms with E-state index in [9.17, 15) is 14.9 Å². The average Bonchev–Trinajstić information content (AvgIpc) is 2.97. The molecule has 0 aromatic heterocycles. The number of ether oxygens (including phenoxy) is 3. The number of hydrogen-bond donors (Lipinski definition) is 0. The highest BCUT2D eigenvalue weighted by molar-refractivity contribution is 5.69. The zero-order valence-corrected chi connectivity index (χ0v) is 23.3. The fraction of sp³-hybridized carbons (Fsp3) is 0.242. The number of anilines is 1. The fourth-order valence-corrected chi connectivity index (χ4v) is 4.45. The summed E-state index contributed by atoms with van der Waals surface area (Å²) in [6.45, 7) is 5.57. The van der Waals surface area contributed by atoms with E-state index in [4.69, 9.17) is 14.2 Å². The monoisotopic (exact) mass is 554 g/mol. The molecule has 8 heteroatoms. The molecule has 0 saturated heterocycles. The first-order valence-corrected chi connectivity index (χ1v) is 13.6. The lowest BCUT2D eigenvalue weighted by molar-refractivity contribution is -0.385. The van der Waals surface area contributed by atoms with E-state index in [2.05, 4.69) is 17.0 Å². The van der Waals surface area contributed by atoms with Crippen molar-refractivity contribution in [3.05, 3.63) is 124 Å². The van der Waals surface area contributed by atoms with Crippen molar-refractivity contribution in [1.29, 1.82) is 0 Å². The van der Waals surface area contributed by atoms with Gasteiger partial charge in [-0.05, 0) is 73.9 Å². The molecular formula is C33H34N2O6. The van der Waals surface area contributed by atoms with Crippen molar-refractivity contribution in [2.45, 2.75) is 39.8 Å². The van der Waals surface area contributed by atoms with Gasteiger partial charge in [-0.3, -0.25) is 14.9 Å². The molecule has 212 valence electrons. The van der Waals surface area contributed by atoms with Crippen LogP contribution in [-0.2, 0) is 22.6 Å². The molecule has 0 spiro atoms. The van der Waals surface area contributed by atoms with Gasteiger partial charge in [0.25, 0.3) is 5.69 Å². The van der Waals surface area contributed by atoms with Crippen LogP contribution in [0.15, 0.2) is 97.1 Å². The molecule has 0 fully saturated rings. The third-order valence-electron chi connectivity index (χ3n) is 6.49. The highest BCUT2D eigenvalue weighted by Gasteiger charge is 2.18. The number of nitro groups is 1. The van der Waals surface area contributed by atoms with E-state index in [-0.39, 0.29) is 16.6 Å². The summed E-state index contributed by atoms with van der Waals surface area (Å²) >= 11 is 0. The van der Waals surface area contributed by atoms with Crippen LogP contribution >= 0.6 is 0 Å². The minimum absolute atomic E-state index is 0.109. The van der Waals surface area contributed by atoms with E-state index in [1.165, 1.54) is 6.07 Å². The molecule has 0 amide bonds. The number of nitrogens with zero attached hydrogens (tertiary/aromatic N) is 2. The minimum atomic E-state index is -0.337. The van der Waals surface area contributed by atoms with Crippen LogP contribution < -0.4 is 14.4 Å². The lowest BCUT2D eigenvalue weighted by Crippen LogP contribution is -2.23. The van der Waals surface area contributed by atoms with Gasteiger partial charge in [0.15, 0.2) is 0 Å². The van der Waals surface area contributed by atoms with E-state index in [0.29, 0.717) is 62.0 Å². The first-order chi connectivity index (χ1) is 19.9. The Kier molecular flexibility index (Phi) is 10.3. The zero-order valence-electron chi connectivity index (χ0n) is 23.3. The van der Waals surface area contributed by atoms with Crippen LogP contribution in [0, 0.1) is 17.0 Å². The van der Waals surface area contributed by atoms with Crippen molar-refractivity contribution >= 4 is 17.3 Å². The Morgan fingerprint density at radius 1 is 0.805 bits per heavy atom. The summed E-state index contributed by atoms with van der Waals surface area (Å²) in [4.78, 5) is 24.8. The summed E-state index contributed by atoms with van der Waals surface area (Å²) in [5.74, 6) is 1.85. The average molecular weight is 555 g/mol. The largest absolute Gasteiger partial charge is 0.494 e. The molecule has 4 rings (SSSR count). The Bertz CT molecular complexity index is 1420. The normalized spacial score (nSPS) is 10.6. The number of nitro benzene ring substituents is 1. The number of benzene rings is 4. The first kappa shape index (κ1) is 29.1. The molecule has 0 saturated carbocycles. The summed E-state index contributed by atoms with van der Waals surface area (Å²) < 4.78 is 16.6. The van der Waals surface area contributed by atoms with Gasteiger partial charge in [-0.25, -0.2) is 0 Å². The zero-order chi connectivity index (χ0) is 29.0. The third kappa shape index (κ3) is 8.57. The molecule has 0 bridgehead atoms. The lowest BCUT2D eigenvalue weighted by atomic mass is 10.1. The highest BCUT2D eigenvalue weighted by atomic mass is 16.6. The number of carbonyl (C=O) groups excluding carboxylic acids is 1. The number of rotatable bonds is 14. The molecule has 8 nitrogen and oxygen atoms in total. The summed E-state index contributed by atoms with van der Waals surface area (Å²) in [5.41, 5.74) is 3.74. The molecule has 0 atom stereocenters. The third-order valence-corrected chi connectivity index (χ3v) is 6.49. The Morgan fingerprint density at radius 2 is 1.41 bits per heavy atom. The molecule has 0 heterocycles. The molecule has 0 aliphatic carbocycles. The Morgan fingerprint density at radius 3 is 2.05 bits per heavy atom. The quantitative estimate of drug-likeness (QED) is 0.0685. The number of esters is 1. The molecule has 0 N–H and O–H groups in total. The fourth-order valence-electron chi connectivity index (χ4n) is 4.45. The van der Waals surface area contributed by atoms with E-state index in [1.807, 2.05) is 72.8 Å². The molecule has 0 unspecified atom stereocenters. The standard InChI is InChI=1S/C33H34N2O6/c1-3-39-33(36)13-8-22-40-28-18-20-30(21-19-28)41-29-16-14-27(15-17-29)24-34(23-26-9-5-4-6-10-26)31-11-7-12-32(25(31)2)35(37)38/h4-7,9-12,14-21H,3,8,13,22-24H2,1-2H3. The minimum Gasteiger partial charge on any atom is -0.494 e. The van der Waals surface area contributed by atoms with Gasteiger partial charge in [-0.2, -0.15) is 0 Å². The van der Waals surface area contributed by atoms with Crippen molar-refractivity contribution in [3.63, 3.8) is 0 Å². The van der Waals surface area contributed by atoms with Crippen LogP contribution in [0.4, 0.5) is 11.4 Å². The maximum Gasteiger partial charge on any atom is 0.305 e. The molecular weight excluding hydrogens is 520 g/mol. The summed E-state index contributed by atoms with van der Waals surface area (Å²) in [7, 11) is 0. The SMILES string of the molecule is CCOC(=O)CCCOc1ccc(Oc2ccc(CN(Cc3ccccc3)c3cccc([N+](=O)[O-])c3C)cc2)cc1. The second-order valence-electron chi connectivity index (χ2n) is 9.49. The maximum absolute atomic E-state index is 11.6.